The van der Waals surface area contributed by atoms with Crippen molar-refractivity contribution in [3.63, 3.8) is 0 Å². The highest BCUT2D eigenvalue weighted by molar-refractivity contribution is 7.17. The first kappa shape index (κ1) is 13.7. The summed E-state index contributed by atoms with van der Waals surface area (Å²) in [5.74, 6) is -0.594. The van der Waals surface area contributed by atoms with E-state index in [2.05, 4.69) is 0 Å². The Morgan fingerprint density at radius 1 is 1.19 bits per heavy atom. The summed E-state index contributed by atoms with van der Waals surface area (Å²) in [4.78, 5) is 24.2. The predicted octanol–water partition coefficient (Wildman–Crippen LogP) is 3.01. The van der Waals surface area contributed by atoms with Crippen LogP contribution in [-0.4, -0.2) is 10.4 Å². The van der Waals surface area contributed by atoms with Crippen molar-refractivity contribution in [1.29, 1.82) is 0 Å². The third-order valence-electron chi connectivity index (χ3n) is 3.28. The van der Waals surface area contributed by atoms with Crippen LogP contribution in [0.25, 0.3) is 10.1 Å². The Bertz CT molecular complexity index is 866. The lowest BCUT2D eigenvalue weighted by molar-refractivity contribution is -0.119. The fraction of sp³-hybridized carbons (Fsp3) is 0.125. The molecule has 0 saturated heterocycles. The van der Waals surface area contributed by atoms with Gasteiger partial charge in [0.25, 0.3) is 5.56 Å². The average Bonchev–Trinajstić information content (AvgIpc) is 2.94. The molecule has 0 amide bonds. The van der Waals surface area contributed by atoms with Gasteiger partial charge in [0.2, 0.25) is 0 Å². The lowest BCUT2D eigenvalue weighted by Crippen LogP contribution is -2.24. The highest BCUT2D eigenvalue weighted by atomic mass is 32.1. The molecule has 0 fully saturated rings. The zero-order chi connectivity index (χ0) is 14.8. The lowest BCUT2D eigenvalue weighted by Gasteiger charge is -2.06. The molecule has 0 aliphatic heterocycles. The molecule has 3 aromatic rings. The normalized spacial score (nSPS) is 10.9. The van der Waals surface area contributed by atoms with E-state index in [9.17, 15) is 14.0 Å². The van der Waals surface area contributed by atoms with E-state index in [0.29, 0.717) is 10.9 Å². The molecule has 2 heterocycles. The topological polar surface area (TPSA) is 39.1 Å². The standard InChI is InChI=1S/C16H12FNO2S/c17-14-4-2-1-3-11(14)9-12(19)10-18-7-5-15-13(16(18)20)6-8-21-15/h1-8H,9-10H2. The minimum Gasteiger partial charge on any atom is -0.307 e. The van der Waals surface area contributed by atoms with Crippen LogP contribution >= 0.6 is 11.3 Å². The molecule has 21 heavy (non-hydrogen) atoms. The number of carbonyl (C=O) groups is 1. The Balaban J connectivity index is 1.82. The van der Waals surface area contributed by atoms with Crippen molar-refractivity contribution >= 4 is 27.2 Å². The fourth-order valence-electron chi connectivity index (χ4n) is 2.23. The van der Waals surface area contributed by atoms with E-state index in [-0.39, 0.29) is 24.3 Å². The molecule has 0 N–H and O–H groups in total. The van der Waals surface area contributed by atoms with Crippen LogP contribution in [0.5, 0.6) is 0 Å². The molecule has 0 radical (unpaired) electrons. The second-order valence-electron chi connectivity index (χ2n) is 4.75. The van der Waals surface area contributed by atoms with E-state index in [1.165, 1.54) is 22.0 Å². The maximum absolute atomic E-state index is 13.5. The van der Waals surface area contributed by atoms with Crippen molar-refractivity contribution in [1.82, 2.24) is 4.57 Å². The molecular formula is C16H12FNO2S. The quantitative estimate of drug-likeness (QED) is 0.743. The number of carbonyl (C=O) groups excluding carboxylic acids is 1. The number of fused-ring (bicyclic) bond motifs is 1. The lowest BCUT2D eigenvalue weighted by atomic mass is 10.1. The number of pyridine rings is 1. The van der Waals surface area contributed by atoms with Crippen molar-refractivity contribution in [2.24, 2.45) is 0 Å². The van der Waals surface area contributed by atoms with E-state index in [1.54, 1.807) is 30.5 Å². The molecule has 3 nitrogen and oxygen atoms in total. The summed E-state index contributed by atoms with van der Waals surface area (Å²) in [6.07, 6.45) is 1.60. The number of thiophene rings is 1. The van der Waals surface area contributed by atoms with Gasteiger partial charge in [-0.15, -0.1) is 11.3 Å². The zero-order valence-electron chi connectivity index (χ0n) is 11.1. The SMILES string of the molecule is O=C(Cc1ccccc1F)Cn1ccc2sccc2c1=O. The number of hydrogen-bond donors (Lipinski definition) is 0. The Morgan fingerprint density at radius 3 is 2.81 bits per heavy atom. The summed E-state index contributed by atoms with van der Waals surface area (Å²) in [7, 11) is 0. The minimum absolute atomic E-state index is 0.0131. The number of hydrogen-bond acceptors (Lipinski definition) is 3. The van der Waals surface area contributed by atoms with Gasteiger partial charge in [-0.05, 0) is 29.1 Å². The molecule has 0 bridgehead atoms. The maximum atomic E-state index is 13.5. The molecular weight excluding hydrogens is 289 g/mol. The van der Waals surface area contributed by atoms with Crippen LogP contribution in [0.2, 0.25) is 0 Å². The molecule has 0 saturated carbocycles. The van der Waals surface area contributed by atoms with Crippen molar-refractivity contribution in [2.45, 2.75) is 13.0 Å². The van der Waals surface area contributed by atoms with Gasteiger partial charge >= 0.3 is 0 Å². The molecule has 5 heteroatoms. The molecule has 0 aliphatic carbocycles. The van der Waals surface area contributed by atoms with E-state index in [1.807, 2.05) is 11.4 Å². The zero-order valence-corrected chi connectivity index (χ0v) is 11.9. The van der Waals surface area contributed by atoms with Crippen LogP contribution < -0.4 is 5.56 Å². The molecule has 0 aliphatic rings. The van der Waals surface area contributed by atoms with Gasteiger partial charge in [-0.1, -0.05) is 18.2 Å². The Kier molecular flexibility index (Phi) is 3.66. The van der Waals surface area contributed by atoms with Crippen molar-refractivity contribution in [3.8, 4) is 0 Å². The summed E-state index contributed by atoms with van der Waals surface area (Å²) in [6, 6.07) is 9.75. The first-order valence-corrected chi connectivity index (χ1v) is 7.35. The number of aromatic nitrogens is 1. The summed E-state index contributed by atoms with van der Waals surface area (Å²) in [5.41, 5.74) is 0.169. The molecule has 3 rings (SSSR count). The molecule has 1 aromatic carbocycles. The van der Waals surface area contributed by atoms with Crippen molar-refractivity contribution in [3.05, 3.63) is 69.7 Å². The smallest absolute Gasteiger partial charge is 0.259 e. The van der Waals surface area contributed by atoms with E-state index < -0.39 is 5.82 Å². The minimum atomic E-state index is -0.397. The van der Waals surface area contributed by atoms with Gasteiger partial charge in [0.05, 0.1) is 11.9 Å². The monoisotopic (exact) mass is 301 g/mol. The van der Waals surface area contributed by atoms with Gasteiger partial charge in [-0.25, -0.2) is 4.39 Å². The van der Waals surface area contributed by atoms with Gasteiger partial charge in [0.1, 0.15) is 5.82 Å². The number of halogens is 1. The van der Waals surface area contributed by atoms with Crippen LogP contribution in [0.1, 0.15) is 5.56 Å². The number of benzene rings is 1. The van der Waals surface area contributed by atoms with Gasteiger partial charge in [-0.3, -0.25) is 9.59 Å². The Hall–Kier alpha value is -2.27. The molecule has 106 valence electrons. The molecule has 0 spiro atoms. The molecule has 2 aromatic heterocycles. The third kappa shape index (κ3) is 2.78. The number of Topliss-reactive ketones (excluding diaryl/α,β-unsaturated/α-hetero) is 1. The van der Waals surface area contributed by atoms with E-state index in [0.717, 1.165) is 4.70 Å². The maximum Gasteiger partial charge on any atom is 0.259 e. The first-order valence-electron chi connectivity index (χ1n) is 6.47. The van der Waals surface area contributed by atoms with Gasteiger partial charge < -0.3 is 4.57 Å². The Morgan fingerprint density at radius 2 is 2.00 bits per heavy atom. The number of nitrogens with zero attached hydrogens (tertiary/aromatic N) is 1. The van der Waals surface area contributed by atoms with Crippen molar-refractivity contribution in [2.75, 3.05) is 0 Å². The van der Waals surface area contributed by atoms with Crippen LogP contribution in [0.3, 0.4) is 0 Å². The van der Waals surface area contributed by atoms with Crippen LogP contribution in [0.15, 0.2) is 52.8 Å². The number of rotatable bonds is 4. The predicted molar refractivity (Wildman–Crippen MR) is 81.2 cm³/mol. The summed E-state index contributed by atoms with van der Waals surface area (Å²) in [6.45, 7) is -0.0427. The summed E-state index contributed by atoms with van der Waals surface area (Å²) >= 11 is 1.49. The summed E-state index contributed by atoms with van der Waals surface area (Å²) < 4.78 is 15.8. The number of ketones is 1. The molecule has 0 atom stereocenters. The first-order chi connectivity index (χ1) is 10.1. The van der Waals surface area contributed by atoms with E-state index >= 15 is 0 Å². The van der Waals surface area contributed by atoms with E-state index in [4.69, 9.17) is 0 Å². The second-order valence-corrected chi connectivity index (χ2v) is 5.70. The van der Waals surface area contributed by atoms with Gasteiger partial charge in [-0.2, -0.15) is 0 Å². The van der Waals surface area contributed by atoms with Crippen LogP contribution in [0.4, 0.5) is 4.39 Å². The Labute approximate surface area is 124 Å². The molecule has 0 unspecified atom stereocenters. The summed E-state index contributed by atoms with van der Waals surface area (Å²) in [5, 5.41) is 2.46. The highest BCUT2D eigenvalue weighted by Crippen LogP contribution is 2.16. The fourth-order valence-corrected chi connectivity index (χ4v) is 3.00. The van der Waals surface area contributed by atoms with Gasteiger partial charge in [0, 0.05) is 17.3 Å². The van der Waals surface area contributed by atoms with Gasteiger partial charge in [0.15, 0.2) is 5.78 Å². The second kappa shape index (κ2) is 5.61. The highest BCUT2D eigenvalue weighted by Gasteiger charge is 2.10. The average molecular weight is 301 g/mol. The third-order valence-corrected chi connectivity index (χ3v) is 4.17. The largest absolute Gasteiger partial charge is 0.307 e. The van der Waals surface area contributed by atoms with Crippen LogP contribution in [-0.2, 0) is 17.8 Å². The van der Waals surface area contributed by atoms with Crippen LogP contribution in [0, 0.1) is 5.82 Å². The van der Waals surface area contributed by atoms with Crippen molar-refractivity contribution < 1.29 is 9.18 Å².